The number of halogens is 1. The van der Waals surface area contributed by atoms with Crippen LogP contribution in [0, 0.1) is 11.8 Å². The number of carboxylic acids is 2. The van der Waals surface area contributed by atoms with Crippen molar-refractivity contribution in [2.45, 2.75) is 12.8 Å². The first-order chi connectivity index (χ1) is 9.08. The molecule has 0 saturated carbocycles. The summed E-state index contributed by atoms with van der Waals surface area (Å²) in [7, 11) is 0. The number of nitrogens with one attached hydrogen (secondary N) is 1. The van der Waals surface area contributed by atoms with Gasteiger partial charge in [0, 0.05) is 0 Å². The standard InChI is InChI=1S/C14H17NO4.ClH/c16-13(17)10-3-1-2-9(6-10)7-12(14(18)19)11-4-5-15-8-11;/h1-3,6,11-12,15H,4-5,7-8H2,(H,16,17)(H,18,19);1H/t11-,12-;/m0./s1. The van der Waals surface area contributed by atoms with E-state index in [1.54, 1.807) is 18.2 Å². The van der Waals surface area contributed by atoms with E-state index >= 15 is 0 Å². The lowest BCUT2D eigenvalue weighted by atomic mass is 9.86. The van der Waals surface area contributed by atoms with Crippen LogP contribution in [0.1, 0.15) is 22.3 Å². The van der Waals surface area contributed by atoms with E-state index in [9.17, 15) is 14.7 Å². The highest BCUT2D eigenvalue weighted by Gasteiger charge is 2.30. The largest absolute Gasteiger partial charge is 0.481 e. The summed E-state index contributed by atoms with van der Waals surface area (Å²) in [5, 5.41) is 21.4. The molecule has 1 aromatic rings. The Morgan fingerprint density at radius 1 is 1.35 bits per heavy atom. The van der Waals surface area contributed by atoms with Crippen LogP contribution in [0.25, 0.3) is 0 Å². The van der Waals surface area contributed by atoms with E-state index in [1.165, 1.54) is 6.07 Å². The van der Waals surface area contributed by atoms with Gasteiger partial charge < -0.3 is 15.5 Å². The van der Waals surface area contributed by atoms with Crippen LogP contribution in [-0.2, 0) is 11.2 Å². The SMILES string of the molecule is Cl.O=C(O)c1cccc(C[C@H](C(=O)O)[C@H]2CCNC2)c1. The maximum Gasteiger partial charge on any atom is 0.335 e. The molecule has 110 valence electrons. The predicted molar refractivity (Wildman–Crippen MR) is 76.5 cm³/mol. The summed E-state index contributed by atoms with van der Waals surface area (Å²) in [4.78, 5) is 22.3. The van der Waals surface area contributed by atoms with E-state index in [0.29, 0.717) is 6.42 Å². The number of aromatic carboxylic acids is 1. The third-order valence-corrected chi connectivity index (χ3v) is 3.61. The Labute approximate surface area is 123 Å². The fraction of sp³-hybridized carbons (Fsp3) is 0.429. The van der Waals surface area contributed by atoms with Gasteiger partial charge in [-0.25, -0.2) is 4.79 Å². The first-order valence-corrected chi connectivity index (χ1v) is 6.33. The molecule has 0 spiro atoms. The molecule has 0 amide bonds. The molecule has 1 aromatic carbocycles. The molecule has 5 nitrogen and oxygen atoms in total. The molecular formula is C14H18ClNO4. The molecule has 0 aromatic heterocycles. The van der Waals surface area contributed by atoms with E-state index in [0.717, 1.165) is 25.1 Å². The summed E-state index contributed by atoms with van der Waals surface area (Å²) in [5.41, 5.74) is 0.963. The zero-order chi connectivity index (χ0) is 13.8. The van der Waals surface area contributed by atoms with Crippen LogP contribution in [0.5, 0.6) is 0 Å². The highest BCUT2D eigenvalue weighted by molar-refractivity contribution is 5.87. The Morgan fingerprint density at radius 3 is 2.65 bits per heavy atom. The maximum atomic E-state index is 11.4. The third-order valence-electron chi connectivity index (χ3n) is 3.61. The molecule has 1 aliphatic rings. The number of hydrogen-bond acceptors (Lipinski definition) is 3. The minimum Gasteiger partial charge on any atom is -0.481 e. The van der Waals surface area contributed by atoms with E-state index in [-0.39, 0.29) is 23.9 Å². The highest BCUT2D eigenvalue weighted by atomic mass is 35.5. The van der Waals surface area contributed by atoms with E-state index in [4.69, 9.17) is 5.11 Å². The number of rotatable bonds is 5. The van der Waals surface area contributed by atoms with Gasteiger partial charge in [0.2, 0.25) is 0 Å². The van der Waals surface area contributed by atoms with Gasteiger partial charge in [0.25, 0.3) is 0 Å². The van der Waals surface area contributed by atoms with Crippen LogP contribution in [-0.4, -0.2) is 35.2 Å². The minimum atomic E-state index is -0.990. The second-order valence-electron chi connectivity index (χ2n) is 4.91. The number of carbonyl (C=O) groups is 2. The quantitative estimate of drug-likeness (QED) is 0.770. The molecule has 2 atom stereocenters. The molecule has 3 N–H and O–H groups in total. The van der Waals surface area contributed by atoms with E-state index in [2.05, 4.69) is 5.32 Å². The van der Waals surface area contributed by atoms with Crippen molar-refractivity contribution in [1.82, 2.24) is 5.32 Å². The Morgan fingerprint density at radius 2 is 2.10 bits per heavy atom. The smallest absolute Gasteiger partial charge is 0.335 e. The molecule has 0 radical (unpaired) electrons. The van der Waals surface area contributed by atoms with E-state index in [1.807, 2.05) is 0 Å². The summed E-state index contributed by atoms with van der Waals surface area (Å²) in [6.45, 7) is 1.57. The monoisotopic (exact) mass is 299 g/mol. The first kappa shape index (κ1) is 16.5. The van der Waals surface area contributed by atoms with Crippen molar-refractivity contribution < 1.29 is 19.8 Å². The predicted octanol–water partition coefficient (Wildman–Crippen LogP) is 1.66. The van der Waals surface area contributed by atoms with Crippen molar-refractivity contribution in [3.05, 3.63) is 35.4 Å². The van der Waals surface area contributed by atoms with Crippen molar-refractivity contribution in [2.75, 3.05) is 13.1 Å². The first-order valence-electron chi connectivity index (χ1n) is 6.33. The molecule has 0 unspecified atom stereocenters. The van der Waals surface area contributed by atoms with Crippen LogP contribution in [0.15, 0.2) is 24.3 Å². The average Bonchev–Trinajstić information content (AvgIpc) is 2.89. The van der Waals surface area contributed by atoms with Gasteiger partial charge in [0.1, 0.15) is 0 Å². The lowest BCUT2D eigenvalue weighted by Gasteiger charge is -2.18. The molecule has 1 heterocycles. The normalized spacial score (nSPS) is 19.1. The van der Waals surface area contributed by atoms with Gasteiger partial charge in [-0.15, -0.1) is 12.4 Å². The van der Waals surface area contributed by atoms with E-state index < -0.39 is 17.9 Å². The second kappa shape index (κ2) is 7.26. The molecule has 0 bridgehead atoms. The Kier molecular flexibility index (Phi) is 5.98. The fourth-order valence-electron chi connectivity index (χ4n) is 2.56. The molecule has 2 rings (SSSR count). The zero-order valence-electron chi connectivity index (χ0n) is 10.9. The third kappa shape index (κ3) is 3.95. The molecular weight excluding hydrogens is 282 g/mol. The van der Waals surface area contributed by atoms with Crippen LogP contribution in [0.3, 0.4) is 0 Å². The number of hydrogen-bond donors (Lipinski definition) is 3. The molecule has 1 aliphatic heterocycles. The lowest BCUT2D eigenvalue weighted by molar-refractivity contribution is -0.143. The van der Waals surface area contributed by atoms with Gasteiger partial charge in [-0.3, -0.25) is 4.79 Å². The van der Waals surface area contributed by atoms with Crippen LogP contribution < -0.4 is 5.32 Å². The second-order valence-corrected chi connectivity index (χ2v) is 4.91. The molecule has 1 fully saturated rings. The molecule has 20 heavy (non-hydrogen) atoms. The molecule has 6 heteroatoms. The van der Waals surface area contributed by atoms with Gasteiger partial charge >= 0.3 is 11.9 Å². The number of aliphatic carboxylic acids is 1. The summed E-state index contributed by atoms with van der Waals surface area (Å²) in [6.07, 6.45) is 1.23. The van der Waals surface area contributed by atoms with Crippen molar-refractivity contribution in [2.24, 2.45) is 11.8 Å². The Balaban J connectivity index is 0.00000200. The van der Waals surface area contributed by atoms with Gasteiger partial charge in [0.15, 0.2) is 0 Å². The average molecular weight is 300 g/mol. The molecule has 0 aliphatic carbocycles. The Hall–Kier alpha value is -1.59. The van der Waals surface area contributed by atoms with Crippen LogP contribution >= 0.6 is 12.4 Å². The van der Waals surface area contributed by atoms with Gasteiger partial charge in [-0.05, 0) is 49.5 Å². The van der Waals surface area contributed by atoms with Crippen molar-refractivity contribution >= 4 is 24.3 Å². The summed E-state index contributed by atoms with van der Waals surface area (Å²) in [6, 6.07) is 6.51. The number of benzene rings is 1. The summed E-state index contributed by atoms with van der Waals surface area (Å²) in [5.74, 6) is -2.14. The van der Waals surface area contributed by atoms with Crippen molar-refractivity contribution in [3.8, 4) is 0 Å². The molecule has 1 saturated heterocycles. The van der Waals surface area contributed by atoms with Gasteiger partial charge in [-0.1, -0.05) is 12.1 Å². The maximum absolute atomic E-state index is 11.4. The Bertz CT molecular complexity index is 486. The van der Waals surface area contributed by atoms with Crippen molar-refractivity contribution in [3.63, 3.8) is 0 Å². The van der Waals surface area contributed by atoms with Gasteiger partial charge in [0.05, 0.1) is 11.5 Å². The number of carboxylic acid groups (broad SMARTS) is 2. The highest BCUT2D eigenvalue weighted by Crippen LogP contribution is 2.24. The van der Waals surface area contributed by atoms with Crippen LogP contribution in [0.2, 0.25) is 0 Å². The summed E-state index contributed by atoms with van der Waals surface area (Å²) >= 11 is 0. The van der Waals surface area contributed by atoms with Crippen molar-refractivity contribution in [1.29, 1.82) is 0 Å². The van der Waals surface area contributed by atoms with Gasteiger partial charge in [-0.2, -0.15) is 0 Å². The summed E-state index contributed by atoms with van der Waals surface area (Å²) < 4.78 is 0. The topological polar surface area (TPSA) is 86.6 Å². The fourth-order valence-corrected chi connectivity index (χ4v) is 2.56. The lowest BCUT2D eigenvalue weighted by Crippen LogP contribution is -2.27. The van der Waals surface area contributed by atoms with Crippen LogP contribution in [0.4, 0.5) is 0 Å². The minimum absolute atomic E-state index is 0. The zero-order valence-corrected chi connectivity index (χ0v) is 11.7.